The average Bonchev–Trinajstić information content (AvgIpc) is 3.60. The number of aromatic amines is 1. The lowest BCUT2D eigenvalue weighted by molar-refractivity contribution is 0.0945. The van der Waals surface area contributed by atoms with Crippen molar-refractivity contribution in [1.82, 2.24) is 24.9 Å². The summed E-state index contributed by atoms with van der Waals surface area (Å²) in [6.07, 6.45) is 9.78. The van der Waals surface area contributed by atoms with E-state index in [-0.39, 0.29) is 29.3 Å². The molecule has 0 bridgehead atoms. The zero-order valence-electron chi connectivity index (χ0n) is 20.6. The fourth-order valence-corrected chi connectivity index (χ4v) is 5.14. The first-order valence-corrected chi connectivity index (χ1v) is 13.0. The van der Waals surface area contributed by atoms with Crippen LogP contribution in [-0.4, -0.2) is 32.0 Å². The summed E-state index contributed by atoms with van der Waals surface area (Å²) in [6.45, 7) is 0.514. The number of nitrogens with zero attached hydrogens (tertiary/aromatic N) is 3. The van der Waals surface area contributed by atoms with Crippen LogP contribution < -0.4 is 15.6 Å². The predicted octanol–water partition coefficient (Wildman–Crippen LogP) is 4.85. The summed E-state index contributed by atoms with van der Waals surface area (Å²) in [5, 5.41) is 6.82. The Kier molecular flexibility index (Phi) is 6.33. The molecule has 2 aliphatic carbocycles. The molecule has 38 heavy (non-hydrogen) atoms. The standard InChI is InChI=1S/C29H26ClN5O3/c30-23-12-6-5-11-22(23)29(14-15-29)18-31-27(37)21-10-4-7-13-24(21)38-17-20-16-25(36)35-28(32-20)33-26(34-35)19-8-2-1-3-9-19/h1-2,4-8,10-13,16H,3,9,14-15,17-18H2,(H,31,37)(H,32,33,34). The highest BCUT2D eigenvalue weighted by Crippen LogP contribution is 2.49. The molecule has 1 fully saturated rings. The molecule has 2 heterocycles. The maximum Gasteiger partial charge on any atom is 0.274 e. The van der Waals surface area contributed by atoms with E-state index >= 15 is 0 Å². The number of ether oxygens (including phenoxy) is 1. The van der Waals surface area contributed by atoms with Crippen molar-refractivity contribution >= 4 is 28.9 Å². The molecule has 0 atom stereocenters. The van der Waals surface area contributed by atoms with Gasteiger partial charge in [0, 0.05) is 23.0 Å². The number of carbonyl (C=O) groups is 1. The molecule has 2 aromatic carbocycles. The Balaban J connectivity index is 1.16. The topological polar surface area (TPSA) is 101 Å². The lowest BCUT2D eigenvalue weighted by Crippen LogP contribution is -2.32. The van der Waals surface area contributed by atoms with Crippen LogP contribution in [-0.2, 0) is 12.0 Å². The van der Waals surface area contributed by atoms with Crippen LogP contribution in [0.5, 0.6) is 5.75 Å². The molecule has 2 aromatic heterocycles. The van der Waals surface area contributed by atoms with Crippen molar-refractivity contribution in [3.63, 3.8) is 0 Å². The molecule has 9 heteroatoms. The maximum atomic E-state index is 13.1. The second-order valence-corrected chi connectivity index (χ2v) is 10.1. The Bertz CT molecular complexity index is 1650. The van der Waals surface area contributed by atoms with Crippen molar-refractivity contribution in [2.24, 2.45) is 0 Å². The van der Waals surface area contributed by atoms with E-state index in [1.54, 1.807) is 24.3 Å². The van der Waals surface area contributed by atoms with Gasteiger partial charge in [-0.2, -0.15) is 9.50 Å². The first kappa shape index (κ1) is 24.2. The maximum absolute atomic E-state index is 13.1. The van der Waals surface area contributed by atoms with Crippen LogP contribution in [0.3, 0.4) is 0 Å². The highest BCUT2D eigenvalue weighted by atomic mass is 35.5. The summed E-state index contributed by atoms with van der Waals surface area (Å²) in [6, 6.07) is 16.2. The number of amides is 1. The molecule has 2 aliphatic rings. The molecule has 0 aliphatic heterocycles. The van der Waals surface area contributed by atoms with Crippen LogP contribution in [0.1, 0.15) is 53.1 Å². The van der Waals surface area contributed by atoms with Gasteiger partial charge in [0.05, 0.1) is 11.3 Å². The second-order valence-electron chi connectivity index (χ2n) is 9.68. The summed E-state index contributed by atoms with van der Waals surface area (Å²) in [5.41, 5.74) is 2.53. The molecule has 8 nitrogen and oxygen atoms in total. The van der Waals surface area contributed by atoms with E-state index < -0.39 is 0 Å². The minimum absolute atomic E-state index is 0.0211. The van der Waals surface area contributed by atoms with Crippen LogP contribution in [0.4, 0.5) is 0 Å². The van der Waals surface area contributed by atoms with Gasteiger partial charge in [-0.05, 0) is 55.0 Å². The van der Waals surface area contributed by atoms with Gasteiger partial charge in [-0.15, -0.1) is 0 Å². The van der Waals surface area contributed by atoms with Crippen LogP contribution in [0, 0.1) is 0 Å². The monoisotopic (exact) mass is 527 g/mol. The number of nitrogens with one attached hydrogen (secondary N) is 2. The van der Waals surface area contributed by atoms with Crippen LogP contribution in [0.15, 0.2) is 77.6 Å². The molecule has 0 unspecified atom stereocenters. The highest BCUT2D eigenvalue weighted by Gasteiger charge is 2.45. The number of aromatic nitrogens is 4. The number of allylic oxidation sites excluding steroid dienone is 4. The molecule has 1 saturated carbocycles. The van der Waals surface area contributed by atoms with Crippen LogP contribution in [0.2, 0.25) is 5.02 Å². The normalized spacial score (nSPS) is 15.8. The summed E-state index contributed by atoms with van der Waals surface area (Å²) in [5.74, 6) is 1.09. The molecule has 6 rings (SSSR count). The Labute approximate surface area is 224 Å². The number of hydrogen-bond donors (Lipinski definition) is 2. The van der Waals surface area contributed by atoms with Crippen molar-refractivity contribution in [3.8, 4) is 5.75 Å². The van der Waals surface area contributed by atoms with Crippen molar-refractivity contribution in [2.75, 3.05) is 6.54 Å². The minimum atomic E-state index is -0.278. The SMILES string of the molecule is O=C(NCC1(c2ccccc2Cl)CC1)c1ccccc1OCc1cc(=O)n2[nH]c(C3=CC=CCC3)nc2n1. The fraction of sp³-hybridized carbons (Fsp3) is 0.241. The number of halogens is 1. The number of para-hydroxylation sites is 1. The Morgan fingerprint density at radius 2 is 1.95 bits per heavy atom. The number of hydrogen-bond acceptors (Lipinski definition) is 5. The van der Waals surface area contributed by atoms with Crippen LogP contribution in [0.25, 0.3) is 11.4 Å². The smallest absolute Gasteiger partial charge is 0.274 e. The first-order chi connectivity index (χ1) is 18.5. The summed E-state index contributed by atoms with van der Waals surface area (Å²) < 4.78 is 7.30. The predicted molar refractivity (Wildman–Crippen MR) is 145 cm³/mol. The van der Waals surface area contributed by atoms with Gasteiger partial charge in [-0.25, -0.2) is 4.98 Å². The van der Waals surface area contributed by atoms with Gasteiger partial charge in [0.25, 0.3) is 17.2 Å². The fourth-order valence-electron chi connectivity index (χ4n) is 4.80. The van der Waals surface area contributed by atoms with Crippen molar-refractivity contribution in [1.29, 1.82) is 0 Å². The van der Waals surface area contributed by atoms with E-state index in [9.17, 15) is 9.59 Å². The number of benzene rings is 2. The van der Waals surface area contributed by atoms with Gasteiger partial charge in [0.15, 0.2) is 5.82 Å². The van der Waals surface area contributed by atoms with E-state index in [1.165, 1.54) is 10.6 Å². The van der Waals surface area contributed by atoms with Gasteiger partial charge in [-0.1, -0.05) is 60.2 Å². The second kappa shape index (κ2) is 9.95. The van der Waals surface area contributed by atoms with Gasteiger partial charge in [-0.3, -0.25) is 14.7 Å². The van der Waals surface area contributed by atoms with E-state index in [1.807, 2.05) is 36.4 Å². The van der Waals surface area contributed by atoms with E-state index in [0.29, 0.717) is 29.4 Å². The molecular formula is C29H26ClN5O3. The van der Waals surface area contributed by atoms with Gasteiger partial charge in [0.1, 0.15) is 12.4 Å². The number of H-pyrrole nitrogens is 1. The van der Waals surface area contributed by atoms with E-state index in [4.69, 9.17) is 16.3 Å². The third-order valence-electron chi connectivity index (χ3n) is 7.09. The molecule has 0 spiro atoms. The van der Waals surface area contributed by atoms with Crippen LogP contribution >= 0.6 is 11.6 Å². The summed E-state index contributed by atoms with van der Waals surface area (Å²) >= 11 is 6.42. The van der Waals surface area contributed by atoms with E-state index in [2.05, 4.69) is 26.5 Å². The highest BCUT2D eigenvalue weighted by molar-refractivity contribution is 6.31. The summed E-state index contributed by atoms with van der Waals surface area (Å²) in [7, 11) is 0. The molecule has 2 N–H and O–H groups in total. The van der Waals surface area contributed by atoms with Gasteiger partial charge in [0.2, 0.25) is 0 Å². The minimum Gasteiger partial charge on any atom is -0.486 e. The lowest BCUT2D eigenvalue weighted by Gasteiger charge is -2.18. The molecule has 192 valence electrons. The zero-order chi connectivity index (χ0) is 26.1. The Morgan fingerprint density at radius 1 is 1.13 bits per heavy atom. The molecule has 4 aromatic rings. The number of carbonyl (C=O) groups excluding carboxylic acids is 1. The van der Waals surface area contributed by atoms with E-state index in [0.717, 1.165) is 41.8 Å². The van der Waals surface area contributed by atoms with Gasteiger partial charge < -0.3 is 10.1 Å². The molecular weight excluding hydrogens is 502 g/mol. The number of rotatable bonds is 8. The third-order valence-corrected chi connectivity index (χ3v) is 7.42. The third kappa shape index (κ3) is 4.75. The Hall–Kier alpha value is -4.17. The molecule has 0 radical (unpaired) electrons. The first-order valence-electron chi connectivity index (χ1n) is 12.6. The average molecular weight is 528 g/mol. The quantitative estimate of drug-likeness (QED) is 0.341. The molecule has 0 saturated heterocycles. The Morgan fingerprint density at radius 3 is 2.74 bits per heavy atom. The van der Waals surface area contributed by atoms with Crippen molar-refractivity contribution in [3.05, 3.63) is 111 Å². The largest absolute Gasteiger partial charge is 0.486 e. The van der Waals surface area contributed by atoms with Crippen molar-refractivity contribution < 1.29 is 9.53 Å². The summed E-state index contributed by atoms with van der Waals surface area (Å²) in [4.78, 5) is 34.8. The molecule has 1 amide bonds. The van der Waals surface area contributed by atoms with Gasteiger partial charge >= 0.3 is 0 Å². The zero-order valence-corrected chi connectivity index (χ0v) is 21.4. The number of fused-ring (bicyclic) bond motifs is 1. The lowest BCUT2D eigenvalue weighted by atomic mass is 9.95. The van der Waals surface area contributed by atoms with Crippen molar-refractivity contribution in [2.45, 2.75) is 37.7 Å².